The van der Waals surface area contributed by atoms with Crippen molar-refractivity contribution in [3.63, 3.8) is 0 Å². The number of aliphatic hydroxyl groups is 1. The van der Waals surface area contributed by atoms with Crippen LogP contribution in [0.2, 0.25) is 0 Å². The molecule has 0 bridgehead atoms. The van der Waals surface area contributed by atoms with Crippen LogP contribution in [-0.4, -0.2) is 22.3 Å². The summed E-state index contributed by atoms with van der Waals surface area (Å²) in [5, 5.41) is 10.5. The van der Waals surface area contributed by atoms with Crippen LogP contribution in [0.15, 0.2) is 0 Å². The van der Waals surface area contributed by atoms with Gasteiger partial charge in [0.1, 0.15) is 11.6 Å². The average Bonchev–Trinajstić information content (AvgIpc) is 2.75. The predicted octanol–water partition coefficient (Wildman–Crippen LogP) is 3.53. The van der Waals surface area contributed by atoms with E-state index in [9.17, 15) is 14.7 Å². The molecule has 1 N–H and O–H groups in total. The van der Waals surface area contributed by atoms with Gasteiger partial charge in [0.15, 0.2) is 0 Å². The Morgan fingerprint density at radius 3 is 2.52 bits per heavy atom. The highest BCUT2D eigenvalue weighted by atomic mass is 16.3. The lowest BCUT2D eigenvalue weighted by atomic mass is 9.44. The SMILES string of the molecule is C[C@]1(O)CC[C@@]2(C)[C@@H](CC[C@@H]3[C@@H]2C(=O)C[C@]2(C)C(=O)CC[C@@H]32)C1. The molecule has 4 saturated carbocycles. The lowest BCUT2D eigenvalue weighted by Crippen LogP contribution is -2.58. The Hall–Kier alpha value is -0.700. The van der Waals surface area contributed by atoms with Crippen LogP contribution in [0.4, 0.5) is 0 Å². The maximum Gasteiger partial charge on any atom is 0.139 e. The lowest BCUT2D eigenvalue weighted by molar-refractivity contribution is -0.168. The molecule has 128 valence electrons. The van der Waals surface area contributed by atoms with Gasteiger partial charge in [-0.1, -0.05) is 13.8 Å². The zero-order chi connectivity index (χ0) is 16.6. The molecule has 0 unspecified atom stereocenters. The Morgan fingerprint density at radius 2 is 1.78 bits per heavy atom. The van der Waals surface area contributed by atoms with Gasteiger partial charge in [0, 0.05) is 24.2 Å². The van der Waals surface area contributed by atoms with Gasteiger partial charge in [-0.05, 0) is 68.6 Å². The van der Waals surface area contributed by atoms with Gasteiger partial charge in [-0.25, -0.2) is 0 Å². The molecule has 4 aliphatic rings. The Balaban J connectivity index is 1.70. The number of hydrogen-bond donors (Lipinski definition) is 1. The number of ketones is 2. The van der Waals surface area contributed by atoms with Crippen LogP contribution < -0.4 is 0 Å². The first-order chi connectivity index (χ1) is 10.7. The van der Waals surface area contributed by atoms with E-state index in [0.29, 0.717) is 42.2 Å². The number of fused-ring (bicyclic) bond motifs is 5. The highest BCUT2D eigenvalue weighted by molar-refractivity contribution is 5.95. The minimum Gasteiger partial charge on any atom is -0.390 e. The molecule has 23 heavy (non-hydrogen) atoms. The van der Waals surface area contributed by atoms with E-state index in [1.54, 1.807) is 0 Å². The summed E-state index contributed by atoms with van der Waals surface area (Å²) < 4.78 is 0. The van der Waals surface area contributed by atoms with Gasteiger partial charge >= 0.3 is 0 Å². The molecule has 4 fully saturated rings. The fraction of sp³-hybridized carbons (Fsp3) is 0.900. The van der Waals surface area contributed by atoms with Crippen LogP contribution >= 0.6 is 0 Å². The fourth-order valence-corrected chi connectivity index (χ4v) is 7.03. The van der Waals surface area contributed by atoms with Gasteiger partial charge in [-0.15, -0.1) is 0 Å². The summed E-state index contributed by atoms with van der Waals surface area (Å²) in [6.07, 6.45) is 6.90. The first kappa shape index (κ1) is 15.8. The molecule has 0 heterocycles. The quantitative estimate of drug-likeness (QED) is 0.743. The second kappa shape index (κ2) is 4.68. The van der Waals surface area contributed by atoms with Crippen molar-refractivity contribution in [2.45, 2.75) is 77.7 Å². The second-order valence-electron chi connectivity index (χ2n) is 9.75. The van der Waals surface area contributed by atoms with Crippen molar-refractivity contribution in [2.75, 3.05) is 0 Å². The summed E-state index contributed by atoms with van der Waals surface area (Å²) in [6, 6.07) is 0. The molecule has 0 aromatic carbocycles. The molecule has 7 atom stereocenters. The molecule has 0 spiro atoms. The molecule has 0 radical (unpaired) electrons. The van der Waals surface area contributed by atoms with Crippen LogP contribution in [-0.2, 0) is 9.59 Å². The maximum atomic E-state index is 13.1. The number of carbonyl (C=O) groups excluding carboxylic acids is 2. The summed E-state index contributed by atoms with van der Waals surface area (Å²) in [4.78, 5) is 25.5. The molecular formula is C20H30O3. The van der Waals surface area contributed by atoms with Crippen LogP contribution in [0.3, 0.4) is 0 Å². The van der Waals surface area contributed by atoms with Gasteiger partial charge in [-0.2, -0.15) is 0 Å². The number of hydrogen-bond acceptors (Lipinski definition) is 3. The highest BCUT2D eigenvalue weighted by Gasteiger charge is 2.63. The number of Topliss-reactive ketones (excluding diaryl/α,β-unsaturated/α-hetero) is 2. The summed E-state index contributed by atoms with van der Waals surface area (Å²) in [7, 11) is 0. The molecule has 0 aliphatic heterocycles. The third kappa shape index (κ3) is 2.04. The van der Waals surface area contributed by atoms with Crippen molar-refractivity contribution >= 4 is 11.6 Å². The third-order valence-corrected chi connectivity index (χ3v) is 8.35. The van der Waals surface area contributed by atoms with E-state index in [1.165, 1.54) is 0 Å². The average molecular weight is 318 g/mol. The van der Waals surface area contributed by atoms with E-state index >= 15 is 0 Å². The molecule has 0 aromatic heterocycles. The van der Waals surface area contributed by atoms with Gasteiger partial charge in [-0.3, -0.25) is 9.59 Å². The minimum atomic E-state index is -0.563. The van der Waals surface area contributed by atoms with Crippen LogP contribution in [0.5, 0.6) is 0 Å². The Morgan fingerprint density at radius 1 is 1.04 bits per heavy atom. The molecule has 4 aliphatic carbocycles. The zero-order valence-electron chi connectivity index (χ0n) is 14.7. The molecule has 3 nitrogen and oxygen atoms in total. The standard InChI is InChI=1S/C20H30O3/c1-18(23)8-9-19(2)12(10-18)4-5-13-14-6-7-16(22)20(14,3)11-15(21)17(13)19/h12-14,17,23H,4-11H2,1-3H3/t12-,13-,14-,17+,18-,19-,20-/m0/s1. The molecule has 4 rings (SSSR count). The first-order valence-electron chi connectivity index (χ1n) is 9.46. The number of rotatable bonds is 0. The van der Waals surface area contributed by atoms with Gasteiger partial charge in [0.25, 0.3) is 0 Å². The smallest absolute Gasteiger partial charge is 0.139 e. The molecule has 0 aromatic rings. The number of carbonyl (C=O) groups is 2. The first-order valence-corrected chi connectivity index (χ1v) is 9.46. The summed E-state index contributed by atoms with van der Waals surface area (Å²) in [6.45, 7) is 6.32. The van der Waals surface area contributed by atoms with Crippen LogP contribution in [0.1, 0.15) is 72.1 Å². The van der Waals surface area contributed by atoms with Crippen LogP contribution in [0, 0.1) is 34.5 Å². The fourth-order valence-electron chi connectivity index (χ4n) is 7.03. The van der Waals surface area contributed by atoms with Crippen molar-refractivity contribution in [1.29, 1.82) is 0 Å². The predicted molar refractivity (Wildman–Crippen MR) is 87.7 cm³/mol. The monoisotopic (exact) mass is 318 g/mol. The van der Waals surface area contributed by atoms with Crippen molar-refractivity contribution < 1.29 is 14.7 Å². The highest BCUT2D eigenvalue weighted by Crippen LogP contribution is 2.65. The van der Waals surface area contributed by atoms with E-state index in [4.69, 9.17) is 0 Å². The van der Waals surface area contributed by atoms with E-state index in [0.717, 1.165) is 38.5 Å². The Labute approximate surface area is 139 Å². The third-order valence-electron chi connectivity index (χ3n) is 8.35. The van der Waals surface area contributed by atoms with Gasteiger partial charge < -0.3 is 5.11 Å². The van der Waals surface area contributed by atoms with Crippen molar-refractivity contribution in [2.24, 2.45) is 34.5 Å². The second-order valence-corrected chi connectivity index (χ2v) is 9.75. The Kier molecular flexibility index (Phi) is 3.22. The van der Waals surface area contributed by atoms with Gasteiger partial charge in [0.2, 0.25) is 0 Å². The molecule has 0 saturated heterocycles. The van der Waals surface area contributed by atoms with Crippen molar-refractivity contribution in [1.82, 2.24) is 0 Å². The molecule has 0 amide bonds. The van der Waals surface area contributed by atoms with Crippen molar-refractivity contribution in [3.8, 4) is 0 Å². The van der Waals surface area contributed by atoms with E-state index in [-0.39, 0.29) is 16.7 Å². The molecule has 3 heteroatoms. The topological polar surface area (TPSA) is 54.4 Å². The van der Waals surface area contributed by atoms with E-state index < -0.39 is 5.60 Å². The normalized spacial score (nSPS) is 56.0. The minimum absolute atomic E-state index is 0.0369. The zero-order valence-corrected chi connectivity index (χ0v) is 14.7. The largest absolute Gasteiger partial charge is 0.390 e. The summed E-state index contributed by atoms with van der Waals surface area (Å²) in [5.74, 6) is 2.07. The molecular weight excluding hydrogens is 288 g/mol. The maximum absolute atomic E-state index is 13.1. The van der Waals surface area contributed by atoms with Crippen molar-refractivity contribution in [3.05, 3.63) is 0 Å². The summed E-state index contributed by atoms with van der Waals surface area (Å²) >= 11 is 0. The lowest BCUT2D eigenvalue weighted by Gasteiger charge is -2.60. The summed E-state index contributed by atoms with van der Waals surface area (Å²) in [5.41, 5.74) is -0.899. The Bertz CT molecular complexity index is 565. The van der Waals surface area contributed by atoms with E-state index in [2.05, 4.69) is 13.8 Å². The van der Waals surface area contributed by atoms with Gasteiger partial charge in [0.05, 0.1) is 5.60 Å². The van der Waals surface area contributed by atoms with E-state index in [1.807, 2.05) is 6.92 Å². The van der Waals surface area contributed by atoms with Crippen LogP contribution in [0.25, 0.3) is 0 Å².